The Balaban J connectivity index is 1.77. The van der Waals surface area contributed by atoms with E-state index in [1.807, 2.05) is 0 Å². The molecule has 7 nitrogen and oxygen atoms in total. The maximum absolute atomic E-state index is 13.6. The first-order valence-electron chi connectivity index (χ1n) is 11.7. The normalized spacial score (nSPS) is 11.9. The second-order valence-electron chi connectivity index (χ2n) is 8.89. The van der Waals surface area contributed by atoms with Gasteiger partial charge in [0.05, 0.1) is 22.3 Å². The summed E-state index contributed by atoms with van der Waals surface area (Å²) in [7, 11) is 0. The number of azo groups is 1. The number of phenols is 1. The topological polar surface area (TPSA) is 107 Å². The standard InChI is InChI=1S/C29H19ClF3N3O4/c1-15-9-11-17(14-22(15)30)36-23-13-16(29(31,32)33)10-12-20(23)26(27(36)38)35-34-25-19(6-4-7-21(25)28(39)40)18-5-2-3-8-24(18)37/h2-14,37-38H,1H3,(H,39,40). The molecule has 0 aliphatic heterocycles. The first-order chi connectivity index (χ1) is 19.0. The lowest BCUT2D eigenvalue weighted by Gasteiger charge is -2.11. The van der Waals surface area contributed by atoms with Gasteiger partial charge in [0.25, 0.3) is 0 Å². The Morgan fingerprint density at radius 1 is 0.875 bits per heavy atom. The number of phenolic OH excluding ortho intramolecular Hbond substituents is 1. The number of aromatic carboxylic acids is 1. The maximum Gasteiger partial charge on any atom is 0.416 e. The molecule has 0 bridgehead atoms. The average molecular weight is 566 g/mol. The highest BCUT2D eigenvalue weighted by molar-refractivity contribution is 6.31. The van der Waals surface area contributed by atoms with Gasteiger partial charge in [-0.05, 0) is 55.0 Å². The van der Waals surface area contributed by atoms with Crippen LogP contribution in [0.25, 0.3) is 27.7 Å². The molecule has 5 aromatic rings. The molecule has 4 aromatic carbocycles. The van der Waals surface area contributed by atoms with E-state index in [0.717, 1.165) is 28.3 Å². The lowest BCUT2D eigenvalue weighted by atomic mass is 9.99. The number of aromatic nitrogens is 1. The van der Waals surface area contributed by atoms with Crippen LogP contribution >= 0.6 is 11.6 Å². The molecule has 40 heavy (non-hydrogen) atoms. The number of halogens is 4. The summed E-state index contributed by atoms with van der Waals surface area (Å²) >= 11 is 6.26. The molecule has 11 heteroatoms. The third-order valence-electron chi connectivity index (χ3n) is 6.37. The van der Waals surface area contributed by atoms with E-state index in [9.17, 15) is 33.3 Å². The molecule has 1 heterocycles. The van der Waals surface area contributed by atoms with Crippen molar-refractivity contribution >= 4 is 39.8 Å². The van der Waals surface area contributed by atoms with Crippen LogP contribution in [0.15, 0.2) is 89.1 Å². The van der Waals surface area contributed by atoms with Crippen LogP contribution in [-0.2, 0) is 6.18 Å². The summed E-state index contributed by atoms with van der Waals surface area (Å²) in [6.07, 6.45) is -4.65. The van der Waals surface area contributed by atoms with Gasteiger partial charge in [0.2, 0.25) is 5.88 Å². The molecule has 5 rings (SSSR count). The van der Waals surface area contributed by atoms with Crippen LogP contribution in [0.4, 0.5) is 24.5 Å². The summed E-state index contributed by atoms with van der Waals surface area (Å²) in [5.74, 6) is -1.98. The third-order valence-corrected chi connectivity index (χ3v) is 6.78. The van der Waals surface area contributed by atoms with Crippen molar-refractivity contribution in [1.82, 2.24) is 4.57 Å². The van der Waals surface area contributed by atoms with E-state index in [2.05, 4.69) is 10.2 Å². The van der Waals surface area contributed by atoms with E-state index < -0.39 is 23.6 Å². The molecule has 0 aliphatic rings. The van der Waals surface area contributed by atoms with Gasteiger partial charge < -0.3 is 15.3 Å². The number of rotatable bonds is 5. The fourth-order valence-electron chi connectivity index (χ4n) is 4.36. The number of benzene rings is 4. The maximum atomic E-state index is 13.6. The van der Waals surface area contributed by atoms with Crippen molar-refractivity contribution < 1.29 is 33.3 Å². The Kier molecular flexibility index (Phi) is 6.72. The predicted molar refractivity (Wildman–Crippen MR) is 144 cm³/mol. The van der Waals surface area contributed by atoms with Gasteiger partial charge in [-0.1, -0.05) is 48.0 Å². The molecule has 0 fully saturated rings. The lowest BCUT2D eigenvalue weighted by molar-refractivity contribution is -0.137. The van der Waals surface area contributed by atoms with Gasteiger partial charge in [-0.15, -0.1) is 10.2 Å². The largest absolute Gasteiger partial charge is 0.507 e. The van der Waals surface area contributed by atoms with E-state index in [4.69, 9.17) is 11.6 Å². The molecular weight excluding hydrogens is 547 g/mol. The van der Waals surface area contributed by atoms with Crippen molar-refractivity contribution in [3.05, 3.63) is 101 Å². The monoisotopic (exact) mass is 565 g/mol. The molecule has 0 saturated carbocycles. The molecule has 3 N–H and O–H groups in total. The fraction of sp³-hybridized carbons (Fsp3) is 0.0690. The first kappa shape index (κ1) is 26.8. The van der Waals surface area contributed by atoms with Crippen LogP contribution in [0.3, 0.4) is 0 Å². The Hall–Kier alpha value is -4.83. The molecule has 0 radical (unpaired) electrons. The van der Waals surface area contributed by atoms with Gasteiger partial charge in [0.15, 0.2) is 5.69 Å². The van der Waals surface area contributed by atoms with Gasteiger partial charge in [-0.2, -0.15) is 13.2 Å². The minimum Gasteiger partial charge on any atom is -0.507 e. The Labute approximate surface area is 230 Å². The van der Waals surface area contributed by atoms with Crippen molar-refractivity contribution in [2.75, 3.05) is 0 Å². The number of aryl methyl sites for hydroxylation is 1. The van der Waals surface area contributed by atoms with Crippen LogP contribution in [0.1, 0.15) is 21.5 Å². The molecule has 202 valence electrons. The van der Waals surface area contributed by atoms with Crippen LogP contribution in [-0.4, -0.2) is 25.9 Å². The average Bonchev–Trinajstić information content (AvgIpc) is 3.19. The Morgan fingerprint density at radius 3 is 2.25 bits per heavy atom. The van der Waals surface area contributed by atoms with E-state index in [-0.39, 0.29) is 50.4 Å². The van der Waals surface area contributed by atoms with Gasteiger partial charge in [-0.3, -0.25) is 4.57 Å². The van der Waals surface area contributed by atoms with Crippen LogP contribution in [0.2, 0.25) is 5.02 Å². The zero-order chi connectivity index (χ0) is 28.8. The number of carbonyl (C=O) groups is 1. The summed E-state index contributed by atoms with van der Waals surface area (Å²) in [5, 5.41) is 40.2. The van der Waals surface area contributed by atoms with Gasteiger partial charge in [-0.25, -0.2) is 4.79 Å². The summed E-state index contributed by atoms with van der Waals surface area (Å²) in [5.41, 5.74) is 0.0133. The zero-order valence-electron chi connectivity index (χ0n) is 20.6. The number of alkyl halides is 3. The van der Waals surface area contributed by atoms with Crippen molar-refractivity contribution in [1.29, 1.82) is 0 Å². The van der Waals surface area contributed by atoms with Gasteiger partial charge in [0, 0.05) is 21.5 Å². The van der Waals surface area contributed by atoms with E-state index in [0.29, 0.717) is 5.02 Å². The Bertz CT molecular complexity index is 1830. The first-order valence-corrected chi connectivity index (χ1v) is 12.1. The number of carboxylic acids is 1. The minimum absolute atomic E-state index is 0.0198. The fourth-order valence-corrected chi connectivity index (χ4v) is 4.53. The Morgan fingerprint density at radius 2 is 1.57 bits per heavy atom. The van der Waals surface area contributed by atoms with Crippen molar-refractivity contribution in [3.63, 3.8) is 0 Å². The minimum atomic E-state index is -4.65. The summed E-state index contributed by atoms with van der Waals surface area (Å²) in [6, 6.07) is 18.2. The summed E-state index contributed by atoms with van der Waals surface area (Å²) < 4.78 is 41.9. The second-order valence-corrected chi connectivity index (χ2v) is 9.30. The van der Waals surface area contributed by atoms with Crippen molar-refractivity contribution in [2.24, 2.45) is 10.2 Å². The molecule has 0 unspecified atom stereocenters. The third kappa shape index (κ3) is 4.73. The SMILES string of the molecule is Cc1ccc(-n2c(O)c(N=Nc3c(C(=O)O)cccc3-c3ccccc3O)c3ccc(C(F)(F)F)cc32)cc1Cl. The van der Waals surface area contributed by atoms with E-state index in [1.165, 1.54) is 24.3 Å². The number of fused-ring (bicyclic) bond motifs is 1. The lowest BCUT2D eigenvalue weighted by Crippen LogP contribution is -2.05. The molecule has 0 spiro atoms. The van der Waals surface area contributed by atoms with Crippen LogP contribution < -0.4 is 0 Å². The summed E-state index contributed by atoms with van der Waals surface area (Å²) in [6.45, 7) is 1.75. The number of aromatic hydroxyl groups is 2. The zero-order valence-corrected chi connectivity index (χ0v) is 21.4. The molecule has 0 amide bonds. The highest BCUT2D eigenvalue weighted by atomic mass is 35.5. The molecule has 0 atom stereocenters. The molecular formula is C29H19ClF3N3O4. The van der Waals surface area contributed by atoms with Gasteiger partial charge >= 0.3 is 12.1 Å². The number of para-hydroxylation sites is 1. The molecule has 0 saturated heterocycles. The molecule has 0 aliphatic carbocycles. The number of nitrogens with zero attached hydrogens (tertiary/aromatic N) is 3. The second kappa shape index (κ2) is 10.0. The number of hydrogen-bond donors (Lipinski definition) is 3. The smallest absolute Gasteiger partial charge is 0.416 e. The predicted octanol–water partition coefficient (Wildman–Crippen LogP) is 8.80. The highest BCUT2D eigenvalue weighted by Gasteiger charge is 2.32. The van der Waals surface area contributed by atoms with E-state index in [1.54, 1.807) is 43.3 Å². The molecule has 1 aromatic heterocycles. The quantitative estimate of drug-likeness (QED) is 0.185. The van der Waals surface area contributed by atoms with Gasteiger partial charge in [0.1, 0.15) is 11.4 Å². The number of carboxylic acid groups (broad SMARTS) is 1. The highest BCUT2D eigenvalue weighted by Crippen LogP contribution is 2.45. The summed E-state index contributed by atoms with van der Waals surface area (Å²) in [4.78, 5) is 12.0. The van der Waals surface area contributed by atoms with E-state index >= 15 is 0 Å². The van der Waals surface area contributed by atoms with Crippen molar-refractivity contribution in [3.8, 4) is 28.4 Å². The number of hydrogen-bond acceptors (Lipinski definition) is 5. The van der Waals surface area contributed by atoms with Crippen molar-refractivity contribution in [2.45, 2.75) is 13.1 Å². The van der Waals surface area contributed by atoms with Crippen LogP contribution in [0, 0.1) is 6.92 Å². The van der Waals surface area contributed by atoms with Crippen LogP contribution in [0.5, 0.6) is 11.6 Å².